The van der Waals surface area contributed by atoms with Crippen molar-refractivity contribution in [1.82, 2.24) is 9.80 Å². The Labute approximate surface area is 113 Å². The topological polar surface area (TPSA) is 57.7 Å². The van der Waals surface area contributed by atoms with Crippen LogP contribution in [0.4, 0.5) is 0 Å². The number of nitrogens with zero attached hydrogens (tertiary/aromatic N) is 2. The minimum absolute atomic E-state index is 0.00724. The van der Waals surface area contributed by atoms with Crippen LogP contribution >= 0.6 is 0 Å². The van der Waals surface area contributed by atoms with Crippen molar-refractivity contribution in [1.29, 1.82) is 0 Å². The third kappa shape index (κ3) is 2.96. The van der Waals surface area contributed by atoms with Crippen molar-refractivity contribution in [2.24, 2.45) is 17.8 Å². The maximum absolute atomic E-state index is 12.2. The molecule has 2 rings (SSSR count). The fourth-order valence-corrected chi connectivity index (χ4v) is 2.73. The molecule has 0 aromatic carbocycles. The second-order valence-corrected chi connectivity index (χ2v) is 6.14. The summed E-state index contributed by atoms with van der Waals surface area (Å²) in [5.74, 6) is 0.483. The van der Waals surface area contributed by atoms with Crippen molar-refractivity contribution < 1.29 is 14.4 Å². The standard InChI is InChI=1S/C14H22N2O3/c1-9(2)5-15-6-11(4-13(15)18)14(19)16-7-12(8-16)10(3)17/h9,11-12H,4-8H2,1-3H3. The highest BCUT2D eigenvalue weighted by Gasteiger charge is 2.41. The van der Waals surface area contributed by atoms with Gasteiger partial charge in [-0.3, -0.25) is 14.4 Å². The van der Waals surface area contributed by atoms with Gasteiger partial charge in [-0.2, -0.15) is 0 Å². The number of ketones is 1. The molecule has 1 unspecified atom stereocenters. The minimum atomic E-state index is -0.209. The summed E-state index contributed by atoms with van der Waals surface area (Å²) in [5.41, 5.74) is 0. The summed E-state index contributed by atoms with van der Waals surface area (Å²) >= 11 is 0. The van der Waals surface area contributed by atoms with E-state index >= 15 is 0 Å². The van der Waals surface area contributed by atoms with E-state index in [0.717, 1.165) is 6.54 Å². The molecular formula is C14H22N2O3. The third-order valence-electron chi connectivity index (χ3n) is 3.92. The molecule has 19 heavy (non-hydrogen) atoms. The summed E-state index contributed by atoms with van der Waals surface area (Å²) in [7, 11) is 0. The highest BCUT2D eigenvalue weighted by molar-refractivity contribution is 5.91. The predicted molar refractivity (Wildman–Crippen MR) is 70.3 cm³/mol. The van der Waals surface area contributed by atoms with E-state index in [2.05, 4.69) is 13.8 Å². The maximum atomic E-state index is 12.2. The molecule has 2 aliphatic rings. The Hall–Kier alpha value is -1.39. The van der Waals surface area contributed by atoms with Crippen molar-refractivity contribution >= 4 is 17.6 Å². The largest absolute Gasteiger partial charge is 0.342 e. The summed E-state index contributed by atoms with van der Waals surface area (Å²) < 4.78 is 0. The molecule has 1 atom stereocenters. The lowest BCUT2D eigenvalue weighted by molar-refractivity contribution is -0.145. The summed E-state index contributed by atoms with van der Waals surface area (Å²) in [6, 6.07) is 0. The minimum Gasteiger partial charge on any atom is -0.342 e. The lowest BCUT2D eigenvalue weighted by atomic mass is 9.94. The van der Waals surface area contributed by atoms with Crippen LogP contribution in [0, 0.1) is 17.8 Å². The van der Waals surface area contributed by atoms with Gasteiger partial charge < -0.3 is 9.80 Å². The molecule has 0 radical (unpaired) electrons. The van der Waals surface area contributed by atoms with E-state index in [1.807, 2.05) is 0 Å². The molecule has 0 spiro atoms. The summed E-state index contributed by atoms with van der Waals surface area (Å²) in [4.78, 5) is 38.7. The van der Waals surface area contributed by atoms with Crippen molar-refractivity contribution in [3.63, 3.8) is 0 Å². The Kier molecular flexibility index (Phi) is 3.92. The van der Waals surface area contributed by atoms with Crippen LogP contribution in [0.5, 0.6) is 0 Å². The van der Waals surface area contributed by atoms with Gasteiger partial charge in [-0.1, -0.05) is 13.8 Å². The Morgan fingerprint density at radius 2 is 1.84 bits per heavy atom. The lowest BCUT2D eigenvalue weighted by Crippen LogP contribution is -2.54. The first-order chi connectivity index (χ1) is 8.88. The Morgan fingerprint density at radius 3 is 2.37 bits per heavy atom. The molecule has 0 bridgehead atoms. The van der Waals surface area contributed by atoms with Crippen LogP contribution in [0.15, 0.2) is 0 Å². The number of likely N-dealkylation sites (tertiary alicyclic amines) is 2. The molecule has 2 fully saturated rings. The second-order valence-electron chi connectivity index (χ2n) is 6.14. The average Bonchev–Trinajstić information content (AvgIpc) is 2.56. The van der Waals surface area contributed by atoms with Crippen LogP contribution in [0.25, 0.3) is 0 Å². The van der Waals surface area contributed by atoms with Crippen LogP contribution in [0.2, 0.25) is 0 Å². The molecule has 5 nitrogen and oxygen atoms in total. The van der Waals surface area contributed by atoms with E-state index in [1.165, 1.54) is 0 Å². The summed E-state index contributed by atoms with van der Waals surface area (Å²) in [6.07, 6.45) is 0.326. The fraction of sp³-hybridized carbons (Fsp3) is 0.786. The molecule has 2 saturated heterocycles. The molecule has 2 aliphatic heterocycles. The number of carbonyl (C=O) groups is 3. The van der Waals surface area contributed by atoms with Gasteiger partial charge in [-0.05, 0) is 12.8 Å². The predicted octanol–water partition coefficient (Wildman–Crippen LogP) is 0.538. The molecule has 0 aromatic heterocycles. The van der Waals surface area contributed by atoms with E-state index in [0.29, 0.717) is 32.0 Å². The Balaban J connectivity index is 1.85. The number of hydrogen-bond acceptors (Lipinski definition) is 3. The molecule has 0 aromatic rings. The van der Waals surface area contributed by atoms with Crippen molar-refractivity contribution in [3.05, 3.63) is 0 Å². The van der Waals surface area contributed by atoms with Crippen LogP contribution in [0.3, 0.4) is 0 Å². The second kappa shape index (κ2) is 5.31. The van der Waals surface area contributed by atoms with Gasteiger partial charge in [-0.25, -0.2) is 0 Å². The zero-order valence-corrected chi connectivity index (χ0v) is 11.9. The van der Waals surface area contributed by atoms with Gasteiger partial charge in [0.1, 0.15) is 5.78 Å². The van der Waals surface area contributed by atoms with Gasteiger partial charge in [0.25, 0.3) is 0 Å². The number of hydrogen-bond donors (Lipinski definition) is 0. The molecule has 5 heteroatoms. The first-order valence-corrected chi connectivity index (χ1v) is 6.95. The van der Waals surface area contributed by atoms with E-state index < -0.39 is 0 Å². The highest BCUT2D eigenvalue weighted by Crippen LogP contribution is 2.25. The summed E-state index contributed by atoms with van der Waals surface area (Å²) in [6.45, 7) is 8.02. The molecule has 0 N–H and O–H groups in total. The molecule has 2 amide bonds. The molecule has 2 heterocycles. The van der Waals surface area contributed by atoms with Gasteiger partial charge in [-0.15, -0.1) is 0 Å². The first kappa shape index (κ1) is 14.0. The van der Waals surface area contributed by atoms with E-state index in [4.69, 9.17) is 0 Å². The maximum Gasteiger partial charge on any atom is 0.228 e. The van der Waals surface area contributed by atoms with Gasteiger partial charge in [0.15, 0.2) is 0 Å². The average molecular weight is 266 g/mol. The fourth-order valence-electron chi connectivity index (χ4n) is 2.73. The number of Topliss-reactive ketones (excluding diaryl/α,β-unsaturated/α-hetero) is 1. The third-order valence-corrected chi connectivity index (χ3v) is 3.92. The Morgan fingerprint density at radius 1 is 1.21 bits per heavy atom. The van der Waals surface area contributed by atoms with Crippen LogP contribution < -0.4 is 0 Å². The smallest absolute Gasteiger partial charge is 0.228 e. The molecule has 106 valence electrons. The van der Waals surface area contributed by atoms with Gasteiger partial charge in [0, 0.05) is 32.6 Å². The van der Waals surface area contributed by atoms with Gasteiger partial charge >= 0.3 is 0 Å². The van der Waals surface area contributed by atoms with Crippen LogP contribution in [0.1, 0.15) is 27.2 Å². The number of carbonyl (C=O) groups excluding carboxylic acids is 3. The van der Waals surface area contributed by atoms with Crippen LogP contribution in [-0.4, -0.2) is 53.6 Å². The quantitative estimate of drug-likeness (QED) is 0.746. The Bertz CT molecular complexity index is 399. The van der Waals surface area contributed by atoms with Crippen molar-refractivity contribution in [3.8, 4) is 0 Å². The van der Waals surface area contributed by atoms with Crippen molar-refractivity contribution in [2.75, 3.05) is 26.2 Å². The first-order valence-electron chi connectivity index (χ1n) is 6.95. The number of amides is 2. The zero-order valence-electron chi connectivity index (χ0n) is 11.9. The van der Waals surface area contributed by atoms with Crippen molar-refractivity contribution in [2.45, 2.75) is 27.2 Å². The van der Waals surface area contributed by atoms with Crippen LogP contribution in [-0.2, 0) is 14.4 Å². The lowest BCUT2D eigenvalue weighted by Gasteiger charge is -2.39. The SMILES string of the molecule is CC(=O)C1CN(C(=O)C2CC(=O)N(CC(C)C)C2)C1. The van der Waals surface area contributed by atoms with E-state index in [-0.39, 0.29) is 29.4 Å². The molecular weight excluding hydrogens is 244 g/mol. The number of rotatable bonds is 4. The zero-order chi connectivity index (χ0) is 14.2. The summed E-state index contributed by atoms with van der Waals surface area (Å²) in [5, 5.41) is 0. The molecule has 0 saturated carbocycles. The van der Waals surface area contributed by atoms with Gasteiger partial charge in [0.05, 0.1) is 11.8 Å². The monoisotopic (exact) mass is 266 g/mol. The normalized spacial score (nSPS) is 24.0. The van der Waals surface area contributed by atoms with Gasteiger partial charge in [0.2, 0.25) is 11.8 Å². The van der Waals surface area contributed by atoms with E-state index in [1.54, 1.807) is 16.7 Å². The molecule has 0 aliphatic carbocycles. The van der Waals surface area contributed by atoms with E-state index in [9.17, 15) is 14.4 Å². The highest BCUT2D eigenvalue weighted by atomic mass is 16.2.